The molecule has 3 aromatic rings. The minimum absolute atomic E-state index is 0.134. The van der Waals surface area contributed by atoms with Crippen LogP contribution >= 0.6 is 23.2 Å². The van der Waals surface area contributed by atoms with E-state index in [9.17, 15) is 18.4 Å². The van der Waals surface area contributed by atoms with Crippen molar-refractivity contribution in [3.8, 4) is 5.75 Å². The van der Waals surface area contributed by atoms with Crippen molar-refractivity contribution in [1.82, 2.24) is 4.98 Å². The van der Waals surface area contributed by atoms with Gasteiger partial charge in [0.05, 0.1) is 10.0 Å². The van der Waals surface area contributed by atoms with Crippen LogP contribution in [-0.2, 0) is 14.3 Å². The number of carbonyl (C=O) groups is 2. The standard InChI is InChI=1S/C20H14Cl2F2N2O4/c1-10-5-6-11-12(21)7-13(22)20(18(11)25-10)30-9-17(28)29-8-16(27)26-19-14(23)3-2-4-15(19)24/h2-7H,8-9H2,1H3,(H,26,27). The van der Waals surface area contributed by atoms with Gasteiger partial charge in [-0.15, -0.1) is 0 Å². The first-order valence-corrected chi connectivity index (χ1v) is 9.29. The summed E-state index contributed by atoms with van der Waals surface area (Å²) >= 11 is 12.3. The van der Waals surface area contributed by atoms with Crippen molar-refractivity contribution in [2.75, 3.05) is 18.5 Å². The molecular formula is C20H14Cl2F2N2O4. The number of aryl methyl sites for hydroxylation is 1. The first kappa shape index (κ1) is 21.7. The van der Waals surface area contributed by atoms with Crippen molar-refractivity contribution in [3.05, 3.63) is 63.8 Å². The lowest BCUT2D eigenvalue weighted by Gasteiger charge is -2.12. The van der Waals surface area contributed by atoms with Gasteiger partial charge >= 0.3 is 5.97 Å². The van der Waals surface area contributed by atoms with Crippen LogP contribution in [0.15, 0.2) is 36.4 Å². The number of carbonyl (C=O) groups excluding carboxylic acids is 2. The van der Waals surface area contributed by atoms with Crippen LogP contribution < -0.4 is 10.1 Å². The van der Waals surface area contributed by atoms with Crippen LogP contribution in [0.1, 0.15) is 5.69 Å². The van der Waals surface area contributed by atoms with Crippen LogP contribution in [0.5, 0.6) is 5.75 Å². The normalized spacial score (nSPS) is 10.7. The van der Waals surface area contributed by atoms with Gasteiger partial charge in [0.15, 0.2) is 19.0 Å². The Balaban J connectivity index is 1.61. The van der Waals surface area contributed by atoms with Crippen molar-refractivity contribution in [3.63, 3.8) is 0 Å². The van der Waals surface area contributed by atoms with E-state index in [0.717, 1.165) is 18.2 Å². The van der Waals surface area contributed by atoms with Crippen molar-refractivity contribution in [1.29, 1.82) is 0 Å². The average molecular weight is 455 g/mol. The fourth-order valence-electron chi connectivity index (χ4n) is 2.54. The van der Waals surface area contributed by atoms with Crippen LogP contribution in [0.3, 0.4) is 0 Å². The number of esters is 1. The smallest absolute Gasteiger partial charge is 0.344 e. The van der Waals surface area contributed by atoms with Crippen LogP contribution in [-0.4, -0.2) is 30.1 Å². The third-order valence-electron chi connectivity index (χ3n) is 3.90. The van der Waals surface area contributed by atoms with Crippen molar-refractivity contribution >= 4 is 51.7 Å². The van der Waals surface area contributed by atoms with Crippen LogP contribution in [0.25, 0.3) is 10.9 Å². The lowest BCUT2D eigenvalue weighted by atomic mass is 10.2. The second kappa shape index (κ2) is 9.23. The molecule has 0 saturated heterocycles. The Morgan fingerprint density at radius 1 is 1.07 bits per heavy atom. The summed E-state index contributed by atoms with van der Waals surface area (Å²) in [5.74, 6) is -3.59. The highest BCUT2D eigenvalue weighted by molar-refractivity contribution is 6.39. The van der Waals surface area contributed by atoms with Gasteiger partial charge in [-0.25, -0.2) is 18.6 Å². The minimum atomic E-state index is -0.954. The Morgan fingerprint density at radius 2 is 1.77 bits per heavy atom. The second-order valence-corrected chi connectivity index (χ2v) is 6.93. The maximum Gasteiger partial charge on any atom is 0.344 e. The van der Waals surface area contributed by atoms with Crippen LogP contribution in [0, 0.1) is 18.6 Å². The number of pyridine rings is 1. The number of amides is 1. The summed E-state index contributed by atoms with van der Waals surface area (Å²) in [6, 6.07) is 8.08. The number of fused-ring (bicyclic) bond motifs is 1. The van der Waals surface area contributed by atoms with Gasteiger partial charge in [-0.2, -0.15) is 0 Å². The number of benzene rings is 2. The number of rotatable bonds is 6. The minimum Gasteiger partial charge on any atom is -0.478 e. The first-order valence-electron chi connectivity index (χ1n) is 8.54. The van der Waals surface area contributed by atoms with E-state index in [4.69, 9.17) is 32.7 Å². The van der Waals surface area contributed by atoms with Crippen molar-refractivity contribution in [2.45, 2.75) is 6.92 Å². The predicted octanol–water partition coefficient (Wildman–Crippen LogP) is 4.69. The molecule has 0 radical (unpaired) electrons. The third-order valence-corrected chi connectivity index (χ3v) is 4.50. The SMILES string of the molecule is Cc1ccc2c(Cl)cc(Cl)c(OCC(=O)OCC(=O)Nc3c(F)cccc3F)c2n1. The van der Waals surface area contributed by atoms with Gasteiger partial charge in [-0.05, 0) is 37.3 Å². The van der Waals surface area contributed by atoms with Crippen molar-refractivity contribution in [2.24, 2.45) is 0 Å². The summed E-state index contributed by atoms with van der Waals surface area (Å²) in [5.41, 5.74) is 0.425. The Hall–Kier alpha value is -2.97. The molecule has 0 aliphatic rings. The Kier molecular flexibility index (Phi) is 6.69. The molecule has 1 heterocycles. The number of para-hydroxylation sites is 1. The van der Waals surface area contributed by atoms with E-state index in [1.807, 2.05) is 5.32 Å². The summed E-state index contributed by atoms with van der Waals surface area (Å²) in [7, 11) is 0. The molecule has 0 aliphatic carbocycles. The molecule has 10 heteroatoms. The molecule has 0 unspecified atom stereocenters. The predicted molar refractivity (Wildman–Crippen MR) is 108 cm³/mol. The number of anilines is 1. The highest BCUT2D eigenvalue weighted by atomic mass is 35.5. The molecular weight excluding hydrogens is 441 g/mol. The van der Waals surface area contributed by atoms with Gasteiger partial charge in [0.1, 0.15) is 22.8 Å². The summed E-state index contributed by atoms with van der Waals surface area (Å²) in [4.78, 5) is 28.0. The molecule has 1 aromatic heterocycles. The van der Waals surface area contributed by atoms with Crippen molar-refractivity contribution < 1.29 is 27.8 Å². The molecule has 0 fully saturated rings. The topological polar surface area (TPSA) is 77.5 Å². The third kappa shape index (κ3) is 4.95. The van der Waals surface area contributed by atoms with E-state index in [-0.39, 0.29) is 10.8 Å². The molecule has 0 saturated carbocycles. The number of nitrogens with one attached hydrogen (secondary N) is 1. The zero-order chi connectivity index (χ0) is 21.8. The quantitative estimate of drug-likeness (QED) is 0.546. The molecule has 0 aliphatic heterocycles. The van der Waals surface area contributed by atoms with Crippen LogP contribution in [0.4, 0.5) is 14.5 Å². The molecule has 2 aromatic carbocycles. The zero-order valence-corrected chi connectivity index (χ0v) is 17.0. The summed E-state index contributed by atoms with van der Waals surface area (Å²) < 4.78 is 37.3. The lowest BCUT2D eigenvalue weighted by molar-refractivity contribution is -0.149. The van der Waals surface area contributed by atoms with E-state index in [2.05, 4.69) is 4.98 Å². The summed E-state index contributed by atoms with van der Waals surface area (Å²) in [6.07, 6.45) is 0. The van der Waals surface area contributed by atoms with Gasteiger partial charge in [0.25, 0.3) is 5.91 Å². The van der Waals surface area contributed by atoms with E-state index in [1.165, 1.54) is 6.07 Å². The first-order chi connectivity index (χ1) is 14.3. The van der Waals surface area contributed by atoms with E-state index in [1.54, 1.807) is 19.1 Å². The number of halogens is 4. The second-order valence-electron chi connectivity index (χ2n) is 6.11. The average Bonchev–Trinajstić information content (AvgIpc) is 2.69. The fourth-order valence-corrected chi connectivity index (χ4v) is 3.11. The molecule has 1 amide bonds. The molecule has 6 nitrogen and oxygen atoms in total. The Labute approximate surface area is 179 Å². The van der Waals surface area contributed by atoms with E-state index >= 15 is 0 Å². The maximum absolute atomic E-state index is 13.5. The molecule has 0 bridgehead atoms. The number of hydrogen-bond acceptors (Lipinski definition) is 5. The van der Waals surface area contributed by atoms with Gasteiger partial charge < -0.3 is 14.8 Å². The molecule has 0 atom stereocenters. The van der Waals surface area contributed by atoms with Gasteiger partial charge in [0, 0.05) is 11.1 Å². The zero-order valence-electron chi connectivity index (χ0n) is 15.5. The van der Waals surface area contributed by atoms with E-state index < -0.39 is 42.4 Å². The van der Waals surface area contributed by atoms with Gasteiger partial charge in [0.2, 0.25) is 0 Å². The lowest BCUT2D eigenvalue weighted by Crippen LogP contribution is -2.24. The largest absolute Gasteiger partial charge is 0.478 e. The molecule has 1 N–H and O–H groups in total. The number of nitrogens with zero attached hydrogens (tertiary/aromatic N) is 1. The number of ether oxygens (including phenoxy) is 2. The van der Waals surface area contributed by atoms with Gasteiger partial charge in [-0.1, -0.05) is 29.3 Å². The van der Waals surface area contributed by atoms with Crippen LogP contribution in [0.2, 0.25) is 10.0 Å². The van der Waals surface area contributed by atoms with Gasteiger partial charge in [-0.3, -0.25) is 4.79 Å². The Morgan fingerprint density at radius 3 is 2.47 bits per heavy atom. The highest BCUT2D eigenvalue weighted by Crippen LogP contribution is 2.37. The highest BCUT2D eigenvalue weighted by Gasteiger charge is 2.17. The molecule has 30 heavy (non-hydrogen) atoms. The monoisotopic (exact) mass is 454 g/mol. The number of hydrogen-bond donors (Lipinski definition) is 1. The molecule has 0 spiro atoms. The summed E-state index contributed by atoms with van der Waals surface area (Å²) in [6.45, 7) is 0.430. The summed E-state index contributed by atoms with van der Waals surface area (Å²) in [5, 5.41) is 3.10. The number of aromatic nitrogens is 1. The molecule has 3 rings (SSSR count). The fraction of sp³-hybridized carbons (Fsp3) is 0.150. The Bertz CT molecular complexity index is 1120. The van der Waals surface area contributed by atoms with E-state index in [0.29, 0.717) is 21.6 Å². The maximum atomic E-state index is 13.5. The molecule has 156 valence electrons.